The molecule has 0 aromatic rings. The van der Waals surface area contributed by atoms with Crippen molar-refractivity contribution in [2.24, 2.45) is 0 Å². The van der Waals surface area contributed by atoms with Crippen LogP contribution in [0.3, 0.4) is 0 Å². The van der Waals surface area contributed by atoms with E-state index in [0.717, 1.165) is 11.3 Å². The summed E-state index contributed by atoms with van der Waals surface area (Å²) in [6.07, 6.45) is 4.99. The van der Waals surface area contributed by atoms with Crippen molar-refractivity contribution < 1.29 is 0 Å². The SMILES string of the molecule is C=C(/C=C/C)SC(=C)CC. The normalized spacial score (nSPS) is 10.2. The number of hydrogen-bond acceptors (Lipinski definition) is 1. The zero-order valence-electron chi connectivity index (χ0n) is 6.68. The van der Waals surface area contributed by atoms with Crippen molar-refractivity contribution in [1.82, 2.24) is 0 Å². The average Bonchev–Trinajstić information content (AvgIpc) is 1.88. The van der Waals surface area contributed by atoms with E-state index in [-0.39, 0.29) is 0 Å². The van der Waals surface area contributed by atoms with Gasteiger partial charge in [-0.2, -0.15) is 0 Å². The highest BCUT2D eigenvalue weighted by Gasteiger charge is 1.91. The molecule has 0 nitrogen and oxygen atoms in total. The molecule has 0 rings (SSSR count). The van der Waals surface area contributed by atoms with Gasteiger partial charge >= 0.3 is 0 Å². The Balaban J connectivity index is 3.68. The van der Waals surface area contributed by atoms with E-state index >= 15 is 0 Å². The van der Waals surface area contributed by atoms with Crippen LogP contribution in [0.1, 0.15) is 20.3 Å². The van der Waals surface area contributed by atoms with E-state index in [1.807, 2.05) is 19.1 Å². The van der Waals surface area contributed by atoms with Gasteiger partial charge in [-0.15, -0.1) is 0 Å². The van der Waals surface area contributed by atoms with E-state index in [0.29, 0.717) is 0 Å². The first kappa shape index (κ1) is 9.57. The second kappa shape index (κ2) is 5.36. The Morgan fingerprint density at radius 3 is 2.50 bits per heavy atom. The van der Waals surface area contributed by atoms with E-state index in [1.165, 1.54) is 4.91 Å². The van der Waals surface area contributed by atoms with Crippen molar-refractivity contribution in [3.05, 3.63) is 35.1 Å². The molecule has 0 heterocycles. The molecule has 0 saturated carbocycles. The first-order chi connectivity index (χ1) is 4.70. The molecule has 0 N–H and O–H groups in total. The second-order valence-corrected chi connectivity index (χ2v) is 3.27. The smallest absolute Gasteiger partial charge is 0.00432 e. The van der Waals surface area contributed by atoms with Crippen LogP contribution in [0, 0.1) is 0 Å². The van der Waals surface area contributed by atoms with Crippen LogP contribution in [-0.4, -0.2) is 0 Å². The van der Waals surface area contributed by atoms with Gasteiger partial charge in [0, 0.05) is 4.91 Å². The quantitative estimate of drug-likeness (QED) is 0.556. The van der Waals surface area contributed by atoms with Crippen molar-refractivity contribution in [1.29, 1.82) is 0 Å². The Kier molecular flexibility index (Phi) is 5.13. The van der Waals surface area contributed by atoms with Gasteiger partial charge in [0.2, 0.25) is 0 Å². The third-order valence-corrected chi connectivity index (χ3v) is 2.00. The molecule has 0 aliphatic heterocycles. The lowest BCUT2D eigenvalue weighted by Gasteiger charge is -1.99. The fourth-order valence-corrected chi connectivity index (χ4v) is 1.20. The minimum absolute atomic E-state index is 1.02. The fourth-order valence-electron chi connectivity index (χ4n) is 0.477. The highest BCUT2D eigenvalue weighted by Crippen LogP contribution is 2.25. The molecule has 0 amide bonds. The van der Waals surface area contributed by atoms with Crippen LogP contribution in [-0.2, 0) is 0 Å². The standard InChI is InChI=1S/C9H14S/c1-5-7-9(4)10-8(3)6-2/h5,7H,3-4,6H2,1-2H3/b7-5+. The van der Waals surface area contributed by atoms with Gasteiger partial charge in [0.25, 0.3) is 0 Å². The van der Waals surface area contributed by atoms with Gasteiger partial charge in [0.05, 0.1) is 0 Å². The topological polar surface area (TPSA) is 0 Å². The number of hydrogen-bond donors (Lipinski definition) is 0. The molecular formula is C9H14S. The first-order valence-corrected chi connectivity index (χ1v) is 4.19. The van der Waals surface area contributed by atoms with E-state index < -0.39 is 0 Å². The molecule has 0 spiro atoms. The van der Waals surface area contributed by atoms with Crippen LogP contribution in [0.4, 0.5) is 0 Å². The van der Waals surface area contributed by atoms with Crippen molar-refractivity contribution in [2.45, 2.75) is 20.3 Å². The molecule has 0 aromatic carbocycles. The van der Waals surface area contributed by atoms with Crippen molar-refractivity contribution >= 4 is 11.8 Å². The Bertz CT molecular complexity index is 154. The number of allylic oxidation sites excluding steroid dienone is 3. The summed E-state index contributed by atoms with van der Waals surface area (Å²) in [6.45, 7) is 11.8. The Labute approximate surface area is 67.7 Å². The zero-order valence-corrected chi connectivity index (χ0v) is 7.50. The second-order valence-electron chi connectivity index (χ2n) is 1.96. The maximum Gasteiger partial charge on any atom is 0.00432 e. The maximum absolute atomic E-state index is 3.86. The summed E-state index contributed by atoms with van der Waals surface area (Å²) in [5, 5.41) is 0. The number of thioether (sulfide) groups is 1. The molecule has 56 valence electrons. The first-order valence-electron chi connectivity index (χ1n) is 3.38. The fraction of sp³-hybridized carbons (Fsp3) is 0.333. The van der Waals surface area contributed by atoms with Crippen molar-refractivity contribution in [2.75, 3.05) is 0 Å². The summed E-state index contributed by atoms with van der Waals surface area (Å²) in [5.74, 6) is 0. The summed E-state index contributed by atoms with van der Waals surface area (Å²) in [5.41, 5.74) is 0. The summed E-state index contributed by atoms with van der Waals surface area (Å²) in [7, 11) is 0. The largest absolute Gasteiger partial charge is 0.0958 e. The van der Waals surface area contributed by atoms with Crippen LogP contribution in [0.5, 0.6) is 0 Å². The molecule has 0 aromatic heterocycles. The highest BCUT2D eigenvalue weighted by molar-refractivity contribution is 8.06. The molecular weight excluding hydrogens is 140 g/mol. The summed E-state index contributed by atoms with van der Waals surface area (Å²) in [4.78, 5) is 2.23. The molecule has 0 bridgehead atoms. The van der Waals surface area contributed by atoms with E-state index in [4.69, 9.17) is 0 Å². The van der Waals surface area contributed by atoms with Crippen LogP contribution in [0.15, 0.2) is 35.1 Å². The minimum atomic E-state index is 1.02. The van der Waals surface area contributed by atoms with Crippen LogP contribution >= 0.6 is 11.8 Å². The molecule has 0 radical (unpaired) electrons. The molecule has 0 fully saturated rings. The predicted octanol–water partition coefficient (Wildman–Crippen LogP) is 3.73. The summed E-state index contributed by atoms with van der Waals surface area (Å²) >= 11 is 1.65. The molecule has 0 unspecified atom stereocenters. The van der Waals surface area contributed by atoms with E-state index in [1.54, 1.807) is 11.8 Å². The molecule has 10 heavy (non-hydrogen) atoms. The lowest BCUT2D eigenvalue weighted by atomic mass is 10.5. The third kappa shape index (κ3) is 4.45. The van der Waals surface area contributed by atoms with E-state index in [9.17, 15) is 0 Å². The van der Waals surface area contributed by atoms with Gasteiger partial charge in [0.1, 0.15) is 0 Å². The molecule has 0 aliphatic rings. The monoisotopic (exact) mass is 154 g/mol. The molecule has 0 saturated heterocycles. The Morgan fingerprint density at radius 1 is 1.50 bits per heavy atom. The predicted molar refractivity (Wildman–Crippen MR) is 51.0 cm³/mol. The van der Waals surface area contributed by atoms with Crippen LogP contribution < -0.4 is 0 Å². The highest BCUT2D eigenvalue weighted by atomic mass is 32.2. The molecule has 0 aliphatic carbocycles. The van der Waals surface area contributed by atoms with Gasteiger partial charge in [-0.3, -0.25) is 0 Å². The van der Waals surface area contributed by atoms with Gasteiger partial charge < -0.3 is 0 Å². The maximum atomic E-state index is 3.86. The summed E-state index contributed by atoms with van der Waals surface area (Å²) < 4.78 is 0. The minimum Gasteiger partial charge on any atom is -0.0958 e. The van der Waals surface area contributed by atoms with Gasteiger partial charge in [-0.05, 0) is 18.2 Å². The van der Waals surface area contributed by atoms with Crippen molar-refractivity contribution in [3.8, 4) is 0 Å². The zero-order chi connectivity index (χ0) is 7.98. The molecule has 0 atom stereocenters. The lowest BCUT2D eigenvalue weighted by Crippen LogP contribution is -1.70. The van der Waals surface area contributed by atoms with Gasteiger partial charge in [0.15, 0.2) is 0 Å². The lowest BCUT2D eigenvalue weighted by molar-refractivity contribution is 1.21. The number of rotatable bonds is 4. The molecule has 1 heteroatoms. The van der Waals surface area contributed by atoms with Gasteiger partial charge in [-0.25, -0.2) is 0 Å². The van der Waals surface area contributed by atoms with Crippen LogP contribution in [0.2, 0.25) is 0 Å². The van der Waals surface area contributed by atoms with Crippen molar-refractivity contribution in [3.63, 3.8) is 0 Å². The Morgan fingerprint density at radius 2 is 2.10 bits per heavy atom. The van der Waals surface area contributed by atoms with Gasteiger partial charge in [-0.1, -0.05) is 44.0 Å². The Hall–Kier alpha value is -0.430. The summed E-state index contributed by atoms with van der Waals surface area (Å²) in [6, 6.07) is 0. The van der Waals surface area contributed by atoms with Crippen LogP contribution in [0.25, 0.3) is 0 Å². The average molecular weight is 154 g/mol. The third-order valence-electron chi connectivity index (χ3n) is 1.02. The van der Waals surface area contributed by atoms with E-state index in [2.05, 4.69) is 20.1 Å².